The number of nitrogens with zero attached hydrogens (tertiary/aromatic N) is 3. The van der Waals surface area contributed by atoms with Crippen LogP contribution in [0.4, 0.5) is 0 Å². The standard InChI is InChI=1S/C14H9Cl2N3O2/c1-20-13-17-12(16)18-14(19-13)21-11-7-6-10(15)8-4-2-3-5-9(8)11/h2-7H,1H3. The zero-order chi connectivity index (χ0) is 14.8. The molecule has 0 bridgehead atoms. The van der Waals surface area contributed by atoms with Crippen LogP contribution in [0.1, 0.15) is 0 Å². The molecular weight excluding hydrogens is 313 g/mol. The number of hydrogen-bond acceptors (Lipinski definition) is 5. The van der Waals surface area contributed by atoms with Crippen LogP contribution in [0.15, 0.2) is 36.4 Å². The Hall–Kier alpha value is -2.11. The molecule has 1 aromatic heterocycles. The summed E-state index contributed by atoms with van der Waals surface area (Å²) in [5.41, 5.74) is 0. The number of hydrogen-bond donors (Lipinski definition) is 0. The summed E-state index contributed by atoms with van der Waals surface area (Å²) in [6, 6.07) is 11.2. The normalized spacial score (nSPS) is 10.6. The van der Waals surface area contributed by atoms with Crippen LogP contribution >= 0.6 is 23.2 Å². The highest BCUT2D eigenvalue weighted by molar-refractivity contribution is 6.35. The van der Waals surface area contributed by atoms with Crippen molar-refractivity contribution in [1.82, 2.24) is 15.0 Å². The first-order chi connectivity index (χ1) is 10.2. The lowest BCUT2D eigenvalue weighted by atomic mass is 10.1. The first-order valence-corrected chi connectivity index (χ1v) is 6.73. The van der Waals surface area contributed by atoms with Gasteiger partial charge < -0.3 is 9.47 Å². The lowest BCUT2D eigenvalue weighted by molar-refractivity contribution is 0.360. The molecule has 106 valence electrons. The van der Waals surface area contributed by atoms with E-state index >= 15 is 0 Å². The SMILES string of the molecule is COc1nc(Cl)nc(Oc2ccc(Cl)c3ccccc23)n1. The van der Waals surface area contributed by atoms with Gasteiger partial charge in [-0.15, -0.1) is 4.98 Å². The number of rotatable bonds is 3. The number of halogens is 2. The number of ether oxygens (including phenoxy) is 2. The largest absolute Gasteiger partial charge is 0.467 e. The average Bonchev–Trinajstić information content (AvgIpc) is 2.50. The van der Waals surface area contributed by atoms with E-state index < -0.39 is 0 Å². The fourth-order valence-electron chi connectivity index (χ4n) is 1.87. The maximum Gasteiger partial charge on any atom is 0.329 e. The van der Waals surface area contributed by atoms with Crippen molar-refractivity contribution in [2.75, 3.05) is 7.11 Å². The molecule has 0 atom stereocenters. The van der Waals surface area contributed by atoms with Gasteiger partial charge in [-0.3, -0.25) is 0 Å². The molecule has 5 nitrogen and oxygen atoms in total. The molecular formula is C14H9Cl2N3O2. The van der Waals surface area contributed by atoms with Gasteiger partial charge in [0.05, 0.1) is 7.11 Å². The Kier molecular flexibility index (Phi) is 3.77. The smallest absolute Gasteiger partial charge is 0.329 e. The lowest BCUT2D eigenvalue weighted by Gasteiger charge is -2.09. The predicted molar refractivity (Wildman–Crippen MR) is 80.4 cm³/mol. The Morgan fingerprint density at radius 2 is 1.57 bits per heavy atom. The van der Waals surface area contributed by atoms with E-state index in [1.807, 2.05) is 24.3 Å². The van der Waals surface area contributed by atoms with Crippen LogP contribution in [0.25, 0.3) is 10.8 Å². The summed E-state index contributed by atoms with van der Waals surface area (Å²) >= 11 is 12.0. The van der Waals surface area contributed by atoms with Crippen LogP contribution in [-0.2, 0) is 0 Å². The van der Waals surface area contributed by atoms with E-state index in [1.54, 1.807) is 12.1 Å². The minimum absolute atomic E-state index is 0.00452. The maximum atomic E-state index is 6.17. The van der Waals surface area contributed by atoms with Crippen LogP contribution < -0.4 is 9.47 Å². The number of fused-ring (bicyclic) bond motifs is 1. The van der Waals surface area contributed by atoms with Gasteiger partial charge in [-0.2, -0.15) is 9.97 Å². The van der Waals surface area contributed by atoms with E-state index in [9.17, 15) is 0 Å². The van der Waals surface area contributed by atoms with Gasteiger partial charge in [0.25, 0.3) is 0 Å². The number of aromatic nitrogens is 3. The minimum Gasteiger partial charge on any atom is -0.467 e. The third kappa shape index (κ3) is 2.84. The van der Waals surface area contributed by atoms with Crippen molar-refractivity contribution in [3.63, 3.8) is 0 Å². The first-order valence-electron chi connectivity index (χ1n) is 5.98. The molecule has 3 aromatic rings. The lowest BCUT2D eigenvalue weighted by Crippen LogP contribution is -1.99. The summed E-state index contributed by atoms with van der Waals surface area (Å²) in [7, 11) is 1.44. The average molecular weight is 322 g/mol. The van der Waals surface area contributed by atoms with Crippen LogP contribution in [0.2, 0.25) is 10.3 Å². The summed E-state index contributed by atoms with van der Waals surface area (Å²) in [6.07, 6.45) is 0. The zero-order valence-corrected chi connectivity index (χ0v) is 12.4. The molecule has 21 heavy (non-hydrogen) atoms. The second kappa shape index (κ2) is 5.71. The van der Waals surface area contributed by atoms with Gasteiger partial charge in [0, 0.05) is 15.8 Å². The van der Waals surface area contributed by atoms with Gasteiger partial charge in [0.15, 0.2) is 0 Å². The molecule has 0 aliphatic rings. The second-order valence-corrected chi connectivity index (χ2v) is 4.81. The summed E-state index contributed by atoms with van der Waals surface area (Å²) in [4.78, 5) is 11.7. The molecule has 0 aliphatic heterocycles. The van der Waals surface area contributed by atoms with E-state index in [0.29, 0.717) is 10.8 Å². The number of benzene rings is 2. The van der Waals surface area contributed by atoms with Crippen molar-refractivity contribution in [3.8, 4) is 17.8 Å². The van der Waals surface area contributed by atoms with E-state index in [1.165, 1.54) is 7.11 Å². The molecule has 0 radical (unpaired) electrons. The minimum atomic E-state index is -0.00452. The topological polar surface area (TPSA) is 57.1 Å². The molecule has 0 amide bonds. The summed E-state index contributed by atoms with van der Waals surface area (Å²) in [5, 5.41) is 2.36. The fourth-order valence-corrected chi connectivity index (χ4v) is 2.25. The summed E-state index contributed by atoms with van der Waals surface area (Å²) in [6.45, 7) is 0. The highest BCUT2D eigenvalue weighted by Gasteiger charge is 2.10. The Labute approximate surface area is 130 Å². The van der Waals surface area contributed by atoms with Gasteiger partial charge in [-0.1, -0.05) is 35.9 Å². The van der Waals surface area contributed by atoms with Crippen molar-refractivity contribution in [3.05, 3.63) is 46.7 Å². The van der Waals surface area contributed by atoms with E-state index in [4.69, 9.17) is 32.7 Å². The molecule has 0 unspecified atom stereocenters. The number of methoxy groups -OCH3 is 1. The third-order valence-corrected chi connectivity index (χ3v) is 3.28. The maximum absolute atomic E-state index is 6.17. The van der Waals surface area contributed by atoms with Gasteiger partial charge >= 0.3 is 12.0 Å². The zero-order valence-electron chi connectivity index (χ0n) is 10.9. The summed E-state index contributed by atoms with van der Waals surface area (Å²) < 4.78 is 10.6. The van der Waals surface area contributed by atoms with Gasteiger partial charge in [-0.05, 0) is 23.7 Å². The molecule has 7 heteroatoms. The Balaban J connectivity index is 2.06. The van der Waals surface area contributed by atoms with Crippen molar-refractivity contribution < 1.29 is 9.47 Å². The summed E-state index contributed by atoms with van der Waals surface area (Å²) in [5.74, 6) is 0.569. The van der Waals surface area contributed by atoms with Crippen molar-refractivity contribution in [2.24, 2.45) is 0 Å². The van der Waals surface area contributed by atoms with Crippen molar-refractivity contribution in [2.45, 2.75) is 0 Å². The molecule has 0 aliphatic carbocycles. The Bertz CT molecular complexity index is 811. The fraction of sp³-hybridized carbons (Fsp3) is 0.0714. The molecule has 0 N–H and O–H groups in total. The van der Waals surface area contributed by atoms with Crippen LogP contribution in [0.3, 0.4) is 0 Å². The monoisotopic (exact) mass is 321 g/mol. The molecule has 3 rings (SSSR count). The van der Waals surface area contributed by atoms with Crippen molar-refractivity contribution >= 4 is 34.0 Å². The Morgan fingerprint density at radius 3 is 2.33 bits per heavy atom. The molecule has 1 heterocycles. The van der Waals surface area contributed by atoms with Crippen LogP contribution in [-0.4, -0.2) is 22.1 Å². The highest BCUT2D eigenvalue weighted by Crippen LogP contribution is 2.33. The predicted octanol–water partition coefficient (Wildman–Crippen LogP) is 4.13. The van der Waals surface area contributed by atoms with Gasteiger partial charge in [0.1, 0.15) is 5.75 Å². The molecule has 0 saturated carbocycles. The molecule has 0 spiro atoms. The molecule has 0 saturated heterocycles. The highest BCUT2D eigenvalue weighted by atomic mass is 35.5. The molecule has 2 aromatic carbocycles. The quantitative estimate of drug-likeness (QED) is 0.725. The van der Waals surface area contributed by atoms with E-state index in [-0.39, 0.29) is 17.3 Å². The second-order valence-electron chi connectivity index (χ2n) is 4.07. The first kappa shape index (κ1) is 13.9. The Morgan fingerprint density at radius 1 is 0.857 bits per heavy atom. The van der Waals surface area contributed by atoms with Gasteiger partial charge in [-0.25, -0.2) is 0 Å². The van der Waals surface area contributed by atoms with E-state index in [2.05, 4.69) is 15.0 Å². The van der Waals surface area contributed by atoms with E-state index in [0.717, 1.165) is 10.8 Å². The molecule has 0 fully saturated rings. The van der Waals surface area contributed by atoms with Crippen molar-refractivity contribution in [1.29, 1.82) is 0 Å². The van der Waals surface area contributed by atoms with Crippen LogP contribution in [0.5, 0.6) is 17.8 Å². The van der Waals surface area contributed by atoms with Crippen LogP contribution in [0, 0.1) is 0 Å². The van der Waals surface area contributed by atoms with Gasteiger partial charge in [0.2, 0.25) is 5.28 Å². The third-order valence-electron chi connectivity index (χ3n) is 2.78.